The van der Waals surface area contributed by atoms with Crippen LogP contribution in [-0.2, 0) is 23.4 Å². The molecule has 28 heavy (non-hydrogen) atoms. The lowest BCUT2D eigenvalue weighted by Crippen LogP contribution is -1.98. The highest BCUT2D eigenvalue weighted by Crippen LogP contribution is 2.22. The zero-order chi connectivity index (χ0) is 19.6. The summed E-state index contributed by atoms with van der Waals surface area (Å²) in [4.78, 5) is 10.9. The van der Waals surface area contributed by atoms with Gasteiger partial charge in [-0.25, -0.2) is 4.79 Å². The molecule has 3 aromatic rings. The van der Waals surface area contributed by atoms with Crippen molar-refractivity contribution in [3.63, 3.8) is 0 Å². The first-order valence-electron chi connectivity index (χ1n) is 9.40. The van der Waals surface area contributed by atoms with Gasteiger partial charge in [-0.15, -0.1) is 0 Å². The van der Waals surface area contributed by atoms with E-state index < -0.39 is 5.97 Å². The molecular formula is C25H24O2S. The van der Waals surface area contributed by atoms with Gasteiger partial charge in [0.25, 0.3) is 0 Å². The van der Waals surface area contributed by atoms with E-state index in [4.69, 9.17) is 5.11 Å². The van der Waals surface area contributed by atoms with Crippen molar-refractivity contribution in [2.45, 2.75) is 18.6 Å². The standard InChI is InChI=1S/C25H24O2S/c26-25(27)15-14-21-10-4-5-11-22(21)18-23-12-6-7-13-24(23)19-28-17-16-20-8-2-1-3-9-20/h1-15H,16-19H2,(H,26,27)/b15-14+. The highest BCUT2D eigenvalue weighted by molar-refractivity contribution is 7.98. The zero-order valence-electron chi connectivity index (χ0n) is 15.8. The van der Waals surface area contributed by atoms with Crippen LogP contribution in [0, 0.1) is 0 Å². The number of hydrogen-bond donors (Lipinski definition) is 1. The minimum Gasteiger partial charge on any atom is -0.478 e. The Morgan fingerprint density at radius 2 is 1.46 bits per heavy atom. The van der Waals surface area contributed by atoms with Gasteiger partial charge in [-0.3, -0.25) is 0 Å². The van der Waals surface area contributed by atoms with Crippen LogP contribution in [0.4, 0.5) is 0 Å². The van der Waals surface area contributed by atoms with Crippen molar-refractivity contribution >= 4 is 23.8 Å². The van der Waals surface area contributed by atoms with Crippen molar-refractivity contribution in [2.24, 2.45) is 0 Å². The predicted molar refractivity (Wildman–Crippen MR) is 119 cm³/mol. The summed E-state index contributed by atoms with van der Waals surface area (Å²) in [5.74, 6) is 1.15. The summed E-state index contributed by atoms with van der Waals surface area (Å²) < 4.78 is 0. The molecule has 3 heteroatoms. The van der Waals surface area contributed by atoms with Crippen molar-refractivity contribution in [2.75, 3.05) is 5.75 Å². The monoisotopic (exact) mass is 388 g/mol. The quantitative estimate of drug-likeness (QED) is 0.369. The summed E-state index contributed by atoms with van der Waals surface area (Å²) in [5, 5.41) is 8.91. The smallest absolute Gasteiger partial charge is 0.328 e. The van der Waals surface area contributed by atoms with Crippen LogP contribution >= 0.6 is 11.8 Å². The van der Waals surface area contributed by atoms with Crippen LogP contribution in [0.25, 0.3) is 6.08 Å². The molecule has 0 heterocycles. The van der Waals surface area contributed by atoms with Crippen LogP contribution in [0.1, 0.15) is 27.8 Å². The van der Waals surface area contributed by atoms with Gasteiger partial charge in [0.2, 0.25) is 0 Å². The molecule has 0 saturated heterocycles. The lowest BCUT2D eigenvalue weighted by Gasteiger charge is -2.11. The fraction of sp³-hybridized carbons (Fsp3) is 0.160. The molecule has 0 atom stereocenters. The Hall–Kier alpha value is -2.78. The molecule has 142 valence electrons. The first-order chi connectivity index (χ1) is 13.7. The van der Waals surface area contributed by atoms with Crippen LogP contribution < -0.4 is 0 Å². The SMILES string of the molecule is O=C(O)/C=C/c1ccccc1Cc1ccccc1CSCCc1ccccc1. The van der Waals surface area contributed by atoms with Gasteiger partial charge in [-0.05, 0) is 52.5 Å². The van der Waals surface area contributed by atoms with Crippen molar-refractivity contribution in [3.05, 3.63) is 113 Å². The predicted octanol–water partition coefficient (Wildman–Crippen LogP) is 5.85. The Balaban J connectivity index is 1.65. The number of carboxylic acids is 1. The molecule has 0 aliphatic carbocycles. The largest absolute Gasteiger partial charge is 0.478 e. The van der Waals surface area contributed by atoms with Gasteiger partial charge in [-0.2, -0.15) is 11.8 Å². The van der Waals surface area contributed by atoms with Crippen LogP contribution in [0.2, 0.25) is 0 Å². The Kier molecular flexibility index (Phi) is 7.51. The summed E-state index contributed by atoms with van der Waals surface area (Å²) in [6, 6.07) is 27.1. The third-order valence-corrected chi connectivity index (χ3v) is 5.60. The second-order valence-corrected chi connectivity index (χ2v) is 7.71. The number of carbonyl (C=O) groups is 1. The first kappa shape index (κ1) is 20.0. The Labute approximate surface area is 170 Å². The summed E-state index contributed by atoms with van der Waals surface area (Å²) in [5.41, 5.74) is 6.11. The number of aryl methyl sites for hydroxylation is 1. The molecule has 0 saturated carbocycles. The first-order valence-corrected chi connectivity index (χ1v) is 10.6. The minimum atomic E-state index is -0.926. The minimum absolute atomic E-state index is 0.801. The van der Waals surface area contributed by atoms with Crippen LogP contribution in [-0.4, -0.2) is 16.8 Å². The van der Waals surface area contributed by atoms with E-state index in [-0.39, 0.29) is 0 Å². The van der Waals surface area contributed by atoms with E-state index in [1.54, 1.807) is 6.08 Å². The molecule has 1 N–H and O–H groups in total. The van der Waals surface area contributed by atoms with E-state index in [0.717, 1.165) is 35.5 Å². The van der Waals surface area contributed by atoms with E-state index >= 15 is 0 Å². The van der Waals surface area contributed by atoms with Crippen LogP contribution in [0.5, 0.6) is 0 Å². The van der Waals surface area contributed by atoms with Gasteiger partial charge in [-0.1, -0.05) is 78.9 Å². The third kappa shape index (κ3) is 6.14. The fourth-order valence-corrected chi connectivity index (χ4v) is 4.14. The molecular weight excluding hydrogens is 364 g/mol. The van der Waals surface area contributed by atoms with Crippen LogP contribution in [0.3, 0.4) is 0 Å². The fourth-order valence-electron chi connectivity index (χ4n) is 3.11. The molecule has 0 fully saturated rings. The molecule has 0 bridgehead atoms. The summed E-state index contributed by atoms with van der Waals surface area (Å²) in [6.07, 6.45) is 4.76. The maximum Gasteiger partial charge on any atom is 0.328 e. The molecule has 0 amide bonds. The number of benzene rings is 3. The molecule has 3 aromatic carbocycles. The molecule has 0 aliphatic rings. The van der Waals surface area contributed by atoms with Crippen molar-refractivity contribution < 1.29 is 9.90 Å². The third-order valence-electron chi connectivity index (χ3n) is 4.60. The normalized spacial score (nSPS) is 11.0. The molecule has 0 radical (unpaired) electrons. The van der Waals surface area contributed by atoms with Gasteiger partial charge >= 0.3 is 5.97 Å². The second kappa shape index (κ2) is 10.5. The maximum absolute atomic E-state index is 10.9. The van der Waals surface area contributed by atoms with Crippen molar-refractivity contribution in [1.29, 1.82) is 0 Å². The zero-order valence-corrected chi connectivity index (χ0v) is 16.6. The summed E-state index contributed by atoms with van der Waals surface area (Å²) in [7, 11) is 0. The van der Waals surface area contributed by atoms with E-state index in [0.29, 0.717) is 0 Å². The number of aliphatic carboxylic acids is 1. The number of rotatable bonds is 9. The molecule has 0 unspecified atom stereocenters. The topological polar surface area (TPSA) is 37.3 Å². The lowest BCUT2D eigenvalue weighted by molar-refractivity contribution is -0.131. The maximum atomic E-state index is 10.9. The van der Waals surface area contributed by atoms with Gasteiger partial charge in [0, 0.05) is 11.8 Å². The van der Waals surface area contributed by atoms with Gasteiger partial charge in [0.15, 0.2) is 0 Å². The molecule has 2 nitrogen and oxygen atoms in total. The van der Waals surface area contributed by atoms with Gasteiger partial charge < -0.3 is 5.11 Å². The molecule has 0 aromatic heterocycles. The van der Waals surface area contributed by atoms with Crippen molar-refractivity contribution in [1.82, 2.24) is 0 Å². The second-order valence-electron chi connectivity index (χ2n) is 6.60. The highest BCUT2D eigenvalue weighted by Gasteiger charge is 2.06. The number of hydrogen-bond acceptors (Lipinski definition) is 2. The van der Waals surface area contributed by atoms with Gasteiger partial charge in [0.1, 0.15) is 0 Å². The van der Waals surface area contributed by atoms with Gasteiger partial charge in [0.05, 0.1) is 0 Å². The lowest BCUT2D eigenvalue weighted by atomic mass is 9.97. The van der Waals surface area contributed by atoms with Crippen molar-refractivity contribution in [3.8, 4) is 0 Å². The molecule has 3 rings (SSSR count). The Morgan fingerprint density at radius 3 is 2.21 bits per heavy atom. The van der Waals surface area contributed by atoms with E-state index in [9.17, 15) is 4.79 Å². The Bertz CT molecular complexity index is 932. The number of carboxylic acid groups (broad SMARTS) is 1. The number of thioether (sulfide) groups is 1. The average molecular weight is 389 g/mol. The van der Waals surface area contributed by atoms with E-state index in [1.807, 2.05) is 30.0 Å². The Morgan fingerprint density at radius 1 is 0.821 bits per heavy atom. The summed E-state index contributed by atoms with van der Waals surface area (Å²) in [6.45, 7) is 0. The summed E-state index contributed by atoms with van der Waals surface area (Å²) >= 11 is 1.95. The highest BCUT2D eigenvalue weighted by atomic mass is 32.2. The molecule has 0 spiro atoms. The average Bonchev–Trinajstić information content (AvgIpc) is 2.72. The molecule has 0 aliphatic heterocycles. The van der Waals surface area contributed by atoms with E-state index in [2.05, 4.69) is 60.7 Å². The van der Waals surface area contributed by atoms with Crippen LogP contribution in [0.15, 0.2) is 84.9 Å². The van der Waals surface area contributed by atoms with E-state index in [1.165, 1.54) is 22.8 Å².